The van der Waals surface area contributed by atoms with Crippen LogP contribution in [0, 0.1) is 0 Å². The van der Waals surface area contributed by atoms with Gasteiger partial charge in [0.1, 0.15) is 4.21 Å². The molecule has 1 aliphatic carbocycles. The Kier molecular flexibility index (Phi) is 5.71. The fourth-order valence-electron chi connectivity index (χ4n) is 2.71. The molecule has 0 aliphatic heterocycles. The van der Waals surface area contributed by atoms with E-state index in [2.05, 4.69) is 26.0 Å². The maximum absolute atomic E-state index is 12.4. The molecule has 0 spiro atoms. The SMILES string of the molecule is COCCNC(=O)C1(c2ccc(NS(=O)(=O)c3ccc(Br)s3)cc2)CC1. The summed E-state index contributed by atoms with van der Waals surface area (Å²) in [5, 5.41) is 2.88. The van der Waals surface area contributed by atoms with Gasteiger partial charge >= 0.3 is 0 Å². The van der Waals surface area contributed by atoms with Crippen molar-refractivity contribution >= 4 is 48.9 Å². The number of thiophene rings is 1. The molecule has 0 unspecified atom stereocenters. The third kappa shape index (κ3) is 4.11. The summed E-state index contributed by atoms with van der Waals surface area (Å²) in [6.07, 6.45) is 1.58. The molecule has 1 heterocycles. The Morgan fingerprint density at radius 2 is 1.92 bits per heavy atom. The Morgan fingerprint density at radius 1 is 1.23 bits per heavy atom. The zero-order chi connectivity index (χ0) is 18.8. The van der Waals surface area contributed by atoms with E-state index in [1.807, 2.05) is 12.1 Å². The van der Waals surface area contributed by atoms with E-state index in [9.17, 15) is 13.2 Å². The molecule has 0 bridgehead atoms. The molecule has 2 N–H and O–H groups in total. The second kappa shape index (κ2) is 7.67. The molecular weight excluding hydrogens is 440 g/mol. The molecule has 1 aromatic carbocycles. The van der Waals surface area contributed by atoms with E-state index in [0.29, 0.717) is 18.8 Å². The van der Waals surface area contributed by atoms with E-state index in [0.717, 1.165) is 33.5 Å². The topological polar surface area (TPSA) is 84.5 Å². The van der Waals surface area contributed by atoms with Gasteiger partial charge in [-0.3, -0.25) is 9.52 Å². The van der Waals surface area contributed by atoms with Gasteiger partial charge < -0.3 is 10.1 Å². The maximum atomic E-state index is 12.4. The van der Waals surface area contributed by atoms with Gasteiger partial charge in [-0.15, -0.1) is 11.3 Å². The van der Waals surface area contributed by atoms with Gasteiger partial charge in [0.2, 0.25) is 5.91 Å². The van der Waals surface area contributed by atoms with Crippen LogP contribution in [0.5, 0.6) is 0 Å². The van der Waals surface area contributed by atoms with Crippen molar-refractivity contribution in [3.8, 4) is 0 Å². The van der Waals surface area contributed by atoms with Crippen molar-refractivity contribution in [2.75, 3.05) is 25.0 Å². The molecule has 26 heavy (non-hydrogen) atoms. The standard InChI is InChI=1S/C17H19BrN2O4S2/c1-24-11-10-19-16(21)17(8-9-17)12-2-4-13(5-3-12)20-26(22,23)15-7-6-14(18)25-15/h2-7,20H,8-11H2,1H3,(H,19,21). The Bertz CT molecular complexity index is 890. The first kappa shape index (κ1) is 19.3. The largest absolute Gasteiger partial charge is 0.383 e. The lowest BCUT2D eigenvalue weighted by atomic mass is 9.95. The van der Waals surface area contributed by atoms with E-state index in [1.165, 1.54) is 0 Å². The number of ether oxygens (including phenoxy) is 1. The first-order valence-electron chi connectivity index (χ1n) is 8.03. The highest BCUT2D eigenvalue weighted by molar-refractivity contribution is 9.11. The molecule has 0 radical (unpaired) electrons. The minimum Gasteiger partial charge on any atom is -0.383 e. The van der Waals surface area contributed by atoms with E-state index >= 15 is 0 Å². The lowest BCUT2D eigenvalue weighted by molar-refractivity contribution is -0.123. The molecule has 0 saturated heterocycles. The molecule has 1 saturated carbocycles. The van der Waals surface area contributed by atoms with Gasteiger partial charge in [-0.1, -0.05) is 12.1 Å². The van der Waals surface area contributed by atoms with Gasteiger partial charge in [0.15, 0.2) is 0 Å². The van der Waals surface area contributed by atoms with E-state index < -0.39 is 15.4 Å². The minimum absolute atomic E-state index is 0.00804. The van der Waals surface area contributed by atoms with Gasteiger partial charge in [0.25, 0.3) is 10.0 Å². The van der Waals surface area contributed by atoms with Gasteiger partial charge in [0.05, 0.1) is 15.8 Å². The summed E-state index contributed by atoms with van der Waals surface area (Å²) in [6, 6.07) is 10.3. The van der Waals surface area contributed by atoms with Crippen LogP contribution >= 0.6 is 27.3 Å². The monoisotopic (exact) mass is 458 g/mol. The normalized spacial score (nSPS) is 15.5. The summed E-state index contributed by atoms with van der Waals surface area (Å²) in [6.45, 7) is 0.951. The van der Waals surface area contributed by atoms with Crippen LogP contribution in [-0.2, 0) is 25.0 Å². The van der Waals surface area contributed by atoms with Crippen LogP contribution < -0.4 is 10.0 Å². The molecule has 1 aliphatic rings. The molecule has 140 valence electrons. The van der Waals surface area contributed by atoms with E-state index in [-0.39, 0.29) is 10.1 Å². The summed E-state index contributed by atoms with van der Waals surface area (Å²) in [5.41, 5.74) is 0.868. The first-order valence-corrected chi connectivity index (χ1v) is 11.1. The fraction of sp³-hybridized carbons (Fsp3) is 0.353. The maximum Gasteiger partial charge on any atom is 0.271 e. The lowest BCUT2D eigenvalue weighted by Crippen LogP contribution is -2.36. The van der Waals surface area contributed by atoms with Crippen LogP contribution in [0.1, 0.15) is 18.4 Å². The van der Waals surface area contributed by atoms with Crippen molar-refractivity contribution in [1.29, 1.82) is 0 Å². The Morgan fingerprint density at radius 3 is 2.46 bits per heavy atom. The second-order valence-corrected chi connectivity index (χ2v) is 10.4. The van der Waals surface area contributed by atoms with Gasteiger partial charge in [0, 0.05) is 19.3 Å². The number of carbonyl (C=O) groups is 1. The van der Waals surface area contributed by atoms with Crippen molar-refractivity contribution in [2.24, 2.45) is 0 Å². The zero-order valence-corrected chi connectivity index (χ0v) is 17.3. The van der Waals surface area contributed by atoms with Crippen molar-refractivity contribution in [3.05, 3.63) is 45.7 Å². The number of carbonyl (C=O) groups excluding carboxylic acids is 1. The minimum atomic E-state index is -3.61. The number of hydrogen-bond donors (Lipinski definition) is 2. The molecular formula is C17H19BrN2O4S2. The quantitative estimate of drug-likeness (QED) is 0.595. The van der Waals surface area contributed by atoms with Gasteiger partial charge in [-0.25, -0.2) is 8.42 Å². The highest BCUT2D eigenvalue weighted by Crippen LogP contribution is 2.48. The lowest BCUT2D eigenvalue weighted by Gasteiger charge is -2.16. The first-order chi connectivity index (χ1) is 12.4. The molecule has 1 amide bonds. The number of sulfonamides is 1. The second-order valence-electron chi connectivity index (χ2n) is 6.07. The summed E-state index contributed by atoms with van der Waals surface area (Å²) in [5.74, 6) is -0.00804. The molecule has 6 nitrogen and oxygen atoms in total. The van der Waals surface area contributed by atoms with E-state index in [1.54, 1.807) is 31.4 Å². The smallest absolute Gasteiger partial charge is 0.271 e. The Balaban J connectivity index is 1.70. The van der Waals surface area contributed by atoms with Crippen LogP contribution in [0.2, 0.25) is 0 Å². The number of amides is 1. The average molecular weight is 459 g/mol. The summed E-state index contributed by atoms with van der Waals surface area (Å²) in [4.78, 5) is 12.4. The van der Waals surface area contributed by atoms with Gasteiger partial charge in [-0.2, -0.15) is 0 Å². The Hall–Kier alpha value is -1.42. The van der Waals surface area contributed by atoms with Crippen molar-refractivity contribution in [3.63, 3.8) is 0 Å². The summed E-state index contributed by atoms with van der Waals surface area (Å²) >= 11 is 4.41. The van der Waals surface area contributed by atoms with E-state index in [4.69, 9.17) is 4.74 Å². The van der Waals surface area contributed by atoms with Crippen LogP contribution in [0.15, 0.2) is 44.4 Å². The third-order valence-electron chi connectivity index (χ3n) is 4.28. The average Bonchev–Trinajstić information content (AvgIpc) is 3.30. The number of benzene rings is 1. The fourth-order valence-corrected chi connectivity index (χ4v) is 5.78. The predicted octanol–water partition coefficient (Wildman–Crippen LogP) is 3.11. The van der Waals surface area contributed by atoms with Crippen molar-refractivity contribution in [1.82, 2.24) is 5.32 Å². The van der Waals surface area contributed by atoms with Crippen molar-refractivity contribution < 1.29 is 17.9 Å². The number of halogens is 1. The Labute approximate surface area is 165 Å². The number of anilines is 1. The summed E-state index contributed by atoms with van der Waals surface area (Å²) < 4.78 is 33.2. The predicted molar refractivity (Wildman–Crippen MR) is 105 cm³/mol. The number of rotatable bonds is 8. The molecule has 0 atom stereocenters. The molecule has 3 rings (SSSR count). The highest BCUT2D eigenvalue weighted by atomic mass is 79.9. The number of methoxy groups -OCH3 is 1. The number of hydrogen-bond acceptors (Lipinski definition) is 5. The van der Waals surface area contributed by atoms with Crippen LogP contribution in [0.25, 0.3) is 0 Å². The van der Waals surface area contributed by atoms with Gasteiger partial charge in [-0.05, 0) is 58.6 Å². The van der Waals surface area contributed by atoms with Crippen LogP contribution in [-0.4, -0.2) is 34.6 Å². The van der Waals surface area contributed by atoms with Crippen LogP contribution in [0.4, 0.5) is 5.69 Å². The molecule has 1 aromatic heterocycles. The zero-order valence-electron chi connectivity index (χ0n) is 14.1. The molecule has 2 aromatic rings. The molecule has 1 fully saturated rings. The summed E-state index contributed by atoms with van der Waals surface area (Å²) in [7, 11) is -2.02. The van der Waals surface area contributed by atoms with Crippen LogP contribution in [0.3, 0.4) is 0 Å². The third-order valence-corrected chi connectivity index (χ3v) is 7.78. The molecule has 9 heteroatoms. The highest BCUT2D eigenvalue weighted by Gasteiger charge is 2.51. The number of nitrogens with one attached hydrogen (secondary N) is 2. The van der Waals surface area contributed by atoms with Crippen molar-refractivity contribution in [2.45, 2.75) is 22.5 Å².